The summed E-state index contributed by atoms with van der Waals surface area (Å²) in [5, 5.41) is 2.92. The zero-order valence-electron chi connectivity index (χ0n) is 16.7. The van der Waals surface area contributed by atoms with Crippen LogP contribution in [0.25, 0.3) is 0 Å². The van der Waals surface area contributed by atoms with E-state index < -0.39 is 0 Å². The number of amides is 2. The number of imidazole rings is 1. The first-order valence-corrected chi connectivity index (χ1v) is 9.85. The first-order chi connectivity index (χ1) is 14.0. The van der Waals surface area contributed by atoms with Gasteiger partial charge < -0.3 is 14.8 Å². The number of rotatable bonds is 4. The number of aryl methyl sites for hydroxylation is 1. The van der Waals surface area contributed by atoms with E-state index in [1.54, 1.807) is 11.9 Å². The van der Waals surface area contributed by atoms with Crippen LogP contribution in [0.1, 0.15) is 45.2 Å². The van der Waals surface area contributed by atoms with Crippen molar-refractivity contribution in [1.82, 2.24) is 9.55 Å². The van der Waals surface area contributed by atoms with E-state index in [9.17, 15) is 9.59 Å². The van der Waals surface area contributed by atoms with Gasteiger partial charge in [-0.3, -0.25) is 9.59 Å². The highest BCUT2D eigenvalue weighted by Crippen LogP contribution is 2.24. The van der Waals surface area contributed by atoms with Gasteiger partial charge in [0.1, 0.15) is 0 Å². The lowest BCUT2D eigenvalue weighted by atomic mass is 10.1. The number of carbonyl (C=O) groups excluding carboxylic acids is 2. The zero-order chi connectivity index (χ0) is 20.4. The molecule has 1 aromatic heterocycles. The topological polar surface area (TPSA) is 67.2 Å². The van der Waals surface area contributed by atoms with Crippen LogP contribution in [-0.4, -0.2) is 28.4 Å². The van der Waals surface area contributed by atoms with Gasteiger partial charge in [0.25, 0.3) is 11.8 Å². The lowest BCUT2D eigenvalue weighted by molar-refractivity contribution is 0.0978. The Morgan fingerprint density at radius 1 is 1.07 bits per heavy atom. The largest absolute Gasteiger partial charge is 0.323 e. The van der Waals surface area contributed by atoms with Crippen LogP contribution >= 0.6 is 0 Å². The van der Waals surface area contributed by atoms with Crippen LogP contribution in [0, 0.1) is 6.92 Å². The van der Waals surface area contributed by atoms with Crippen LogP contribution < -0.4 is 10.2 Å². The quantitative estimate of drug-likeness (QED) is 0.733. The lowest BCUT2D eigenvalue weighted by Gasteiger charge is -2.20. The Hall–Kier alpha value is -3.41. The Labute approximate surface area is 170 Å². The summed E-state index contributed by atoms with van der Waals surface area (Å²) in [4.78, 5) is 32.2. The molecular formula is C23H24N4O2. The summed E-state index contributed by atoms with van der Waals surface area (Å²) < 4.78 is 1.91. The maximum Gasteiger partial charge on any atom is 0.294 e. The molecule has 2 aromatic carbocycles. The third-order valence-corrected chi connectivity index (χ3v) is 5.25. The normalized spacial score (nSPS) is 12.9. The van der Waals surface area contributed by atoms with Gasteiger partial charge in [-0.15, -0.1) is 0 Å². The van der Waals surface area contributed by atoms with Gasteiger partial charge in [-0.25, -0.2) is 4.98 Å². The standard InChI is InChI=1S/C23H24N4O2/c1-16-9-8-10-17(15-16)24-22(28)20-19-13-6-7-14-27(19)21(25-20)23(29)26(2)18-11-4-3-5-12-18/h3-5,8-12,15H,6-7,13-14H2,1-2H3,(H,24,28). The van der Waals surface area contributed by atoms with Crippen molar-refractivity contribution in [3.63, 3.8) is 0 Å². The van der Waals surface area contributed by atoms with E-state index in [0.717, 1.165) is 41.9 Å². The molecule has 1 N–H and O–H groups in total. The molecule has 0 radical (unpaired) electrons. The van der Waals surface area contributed by atoms with E-state index >= 15 is 0 Å². The Balaban J connectivity index is 1.67. The highest BCUT2D eigenvalue weighted by molar-refractivity contribution is 6.07. The number of fused-ring (bicyclic) bond motifs is 1. The maximum absolute atomic E-state index is 13.2. The third kappa shape index (κ3) is 3.78. The van der Waals surface area contributed by atoms with Crippen LogP contribution in [0.3, 0.4) is 0 Å². The predicted octanol–water partition coefficient (Wildman–Crippen LogP) is 4.06. The molecule has 29 heavy (non-hydrogen) atoms. The molecule has 2 amide bonds. The Kier molecular flexibility index (Phi) is 5.16. The number of hydrogen-bond acceptors (Lipinski definition) is 3. The van der Waals surface area contributed by atoms with Crippen LogP contribution in [-0.2, 0) is 13.0 Å². The van der Waals surface area contributed by atoms with Gasteiger partial charge in [0.05, 0.1) is 5.69 Å². The molecule has 3 aromatic rings. The summed E-state index contributed by atoms with van der Waals surface area (Å²) >= 11 is 0. The lowest BCUT2D eigenvalue weighted by Crippen LogP contribution is -2.30. The fourth-order valence-corrected chi connectivity index (χ4v) is 3.72. The number of benzene rings is 2. The summed E-state index contributed by atoms with van der Waals surface area (Å²) in [6.07, 6.45) is 2.70. The Morgan fingerprint density at radius 3 is 2.62 bits per heavy atom. The van der Waals surface area contributed by atoms with Crippen LogP contribution in [0.5, 0.6) is 0 Å². The number of anilines is 2. The average molecular weight is 388 g/mol. The van der Waals surface area contributed by atoms with Crippen molar-refractivity contribution in [2.45, 2.75) is 32.7 Å². The molecule has 0 aliphatic carbocycles. The predicted molar refractivity (Wildman–Crippen MR) is 113 cm³/mol. The smallest absolute Gasteiger partial charge is 0.294 e. The first-order valence-electron chi connectivity index (χ1n) is 9.85. The summed E-state index contributed by atoms with van der Waals surface area (Å²) in [7, 11) is 1.73. The molecule has 0 bridgehead atoms. The molecule has 0 atom stereocenters. The molecule has 0 unspecified atom stereocenters. The minimum Gasteiger partial charge on any atom is -0.323 e. The molecule has 0 saturated heterocycles. The van der Waals surface area contributed by atoms with Gasteiger partial charge in [0.15, 0.2) is 5.69 Å². The second-order valence-electron chi connectivity index (χ2n) is 7.36. The van der Waals surface area contributed by atoms with Gasteiger partial charge in [-0.05, 0) is 56.0 Å². The van der Waals surface area contributed by atoms with Crippen LogP contribution in [0.2, 0.25) is 0 Å². The highest BCUT2D eigenvalue weighted by Gasteiger charge is 2.29. The maximum atomic E-state index is 13.2. The van der Waals surface area contributed by atoms with Crippen LogP contribution in [0.15, 0.2) is 54.6 Å². The molecule has 1 aliphatic rings. The van der Waals surface area contributed by atoms with Crippen molar-refractivity contribution in [1.29, 1.82) is 0 Å². The van der Waals surface area contributed by atoms with Crippen molar-refractivity contribution in [3.05, 3.63) is 77.4 Å². The van der Waals surface area contributed by atoms with Gasteiger partial charge in [0, 0.05) is 25.0 Å². The SMILES string of the molecule is Cc1cccc(NC(=O)c2nc(C(=O)N(C)c3ccccc3)n3c2CCCC3)c1. The number of nitrogens with zero attached hydrogens (tertiary/aromatic N) is 3. The van der Waals surface area contributed by atoms with Crippen molar-refractivity contribution in [3.8, 4) is 0 Å². The average Bonchev–Trinajstić information content (AvgIpc) is 3.13. The molecule has 6 nitrogen and oxygen atoms in total. The second-order valence-corrected chi connectivity index (χ2v) is 7.36. The van der Waals surface area contributed by atoms with Crippen LogP contribution in [0.4, 0.5) is 11.4 Å². The van der Waals surface area contributed by atoms with E-state index in [1.807, 2.05) is 66.1 Å². The number of aromatic nitrogens is 2. The number of para-hydroxylation sites is 1. The van der Waals surface area contributed by atoms with E-state index in [-0.39, 0.29) is 11.8 Å². The molecule has 1 aliphatic heterocycles. The molecule has 2 heterocycles. The highest BCUT2D eigenvalue weighted by atomic mass is 16.2. The fraction of sp³-hybridized carbons (Fsp3) is 0.261. The van der Waals surface area contributed by atoms with Gasteiger partial charge in [-0.2, -0.15) is 0 Å². The summed E-state index contributed by atoms with van der Waals surface area (Å²) in [6, 6.07) is 17.1. The third-order valence-electron chi connectivity index (χ3n) is 5.25. The summed E-state index contributed by atoms with van der Waals surface area (Å²) in [6.45, 7) is 2.67. The van der Waals surface area contributed by atoms with Crippen molar-refractivity contribution in [2.75, 3.05) is 17.3 Å². The van der Waals surface area contributed by atoms with E-state index in [0.29, 0.717) is 18.1 Å². The molecular weight excluding hydrogens is 364 g/mol. The van der Waals surface area contributed by atoms with Gasteiger partial charge in [0.2, 0.25) is 5.82 Å². The van der Waals surface area contributed by atoms with Gasteiger partial charge in [-0.1, -0.05) is 30.3 Å². The molecule has 0 spiro atoms. The van der Waals surface area contributed by atoms with Gasteiger partial charge >= 0.3 is 0 Å². The summed E-state index contributed by atoms with van der Waals surface area (Å²) in [5.74, 6) is -0.169. The first kappa shape index (κ1) is 18.9. The molecule has 0 saturated carbocycles. The Morgan fingerprint density at radius 2 is 1.86 bits per heavy atom. The van der Waals surface area contributed by atoms with E-state index in [4.69, 9.17) is 0 Å². The van der Waals surface area contributed by atoms with E-state index in [2.05, 4.69) is 10.3 Å². The van der Waals surface area contributed by atoms with Crippen molar-refractivity contribution in [2.24, 2.45) is 0 Å². The van der Waals surface area contributed by atoms with Crippen molar-refractivity contribution >= 4 is 23.2 Å². The zero-order valence-corrected chi connectivity index (χ0v) is 16.7. The molecule has 0 fully saturated rings. The number of hydrogen-bond donors (Lipinski definition) is 1. The second kappa shape index (κ2) is 7.91. The molecule has 148 valence electrons. The van der Waals surface area contributed by atoms with E-state index in [1.165, 1.54) is 0 Å². The molecule has 6 heteroatoms. The fourth-order valence-electron chi connectivity index (χ4n) is 3.72. The minimum absolute atomic E-state index is 0.214. The summed E-state index contributed by atoms with van der Waals surface area (Å²) in [5.41, 5.74) is 3.76. The minimum atomic E-state index is -0.275. The number of carbonyl (C=O) groups is 2. The molecule has 4 rings (SSSR count). The monoisotopic (exact) mass is 388 g/mol. The van der Waals surface area contributed by atoms with Crippen molar-refractivity contribution < 1.29 is 9.59 Å². The number of nitrogens with one attached hydrogen (secondary N) is 1. The Bertz CT molecular complexity index is 1060.